The second-order valence-corrected chi connectivity index (χ2v) is 5.00. The zero-order valence-electron chi connectivity index (χ0n) is 7.58. The summed E-state index contributed by atoms with van der Waals surface area (Å²) in [6.07, 6.45) is 2.43. The van der Waals surface area contributed by atoms with Crippen LogP contribution in [0, 0.1) is 0 Å². The van der Waals surface area contributed by atoms with Crippen LogP contribution in [0.25, 0.3) is 0 Å². The quantitative estimate of drug-likeness (QED) is 0.686. The maximum Gasteiger partial charge on any atom is 0.0463 e. The highest BCUT2D eigenvalue weighted by atomic mass is 35.5. The van der Waals surface area contributed by atoms with Crippen molar-refractivity contribution < 1.29 is 0 Å². The van der Waals surface area contributed by atoms with E-state index < -0.39 is 0 Å². The number of hydrogen-bond acceptors (Lipinski definition) is 2. The van der Waals surface area contributed by atoms with Crippen molar-refractivity contribution in [2.75, 3.05) is 13.1 Å². The first-order valence-electron chi connectivity index (χ1n) is 4.72. The largest absolute Gasteiger partial charge is 0.298 e. The minimum absolute atomic E-state index is 0.368. The number of piperidine rings is 1. The van der Waals surface area contributed by atoms with Crippen molar-refractivity contribution in [1.29, 1.82) is 0 Å². The Bertz CT molecular complexity index is 247. The Kier molecular flexibility index (Phi) is 3.25. The summed E-state index contributed by atoms with van der Waals surface area (Å²) in [6, 6.07) is 2.20. The molecule has 1 fully saturated rings. The summed E-state index contributed by atoms with van der Waals surface area (Å²) in [5.41, 5.74) is 1.43. The zero-order valence-corrected chi connectivity index (χ0v) is 9.15. The summed E-state index contributed by atoms with van der Waals surface area (Å²) in [5.74, 6) is 0. The number of hydrogen-bond donors (Lipinski definition) is 0. The average Bonchev–Trinajstić information content (AvgIpc) is 2.57. The number of thiophene rings is 1. The lowest BCUT2D eigenvalue weighted by molar-refractivity contribution is 0.224. The molecule has 1 unspecified atom stereocenters. The van der Waals surface area contributed by atoms with Gasteiger partial charge in [0.1, 0.15) is 0 Å². The second kappa shape index (κ2) is 4.45. The summed E-state index contributed by atoms with van der Waals surface area (Å²) in [5, 5.41) is 4.72. The lowest BCUT2D eigenvalue weighted by Crippen LogP contribution is -2.35. The van der Waals surface area contributed by atoms with Gasteiger partial charge in [-0.2, -0.15) is 11.3 Å². The third-order valence-electron chi connectivity index (χ3n) is 2.43. The first-order chi connectivity index (χ1) is 6.34. The van der Waals surface area contributed by atoms with Gasteiger partial charge in [0.15, 0.2) is 0 Å². The molecule has 0 radical (unpaired) electrons. The van der Waals surface area contributed by atoms with Crippen LogP contribution in [-0.4, -0.2) is 23.4 Å². The van der Waals surface area contributed by atoms with E-state index in [9.17, 15) is 0 Å². The molecule has 2 heterocycles. The van der Waals surface area contributed by atoms with E-state index in [2.05, 4.69) is 21.7 Å². The molecule has 72 valence electrons. The maximum atomic E-state index is 6.11. The highest BCUT2D eigenvalue weighted by Crippen LogP contribution is 2.18. The van der Waals surface area contributed by atoms with Crippen LogP contribution < -0.4 is 0 Å². The van der Waals surface area contributed by atoms with Crippen molar-refractivity contribution in [3.05, 3.63) is 22.4 Å². The van der Waals surface area contributed by atoms with Crippen LogP contribution in [0.2, 0.25) is 0 Å². The van der Waals surface area contributed by atoms with Gasteiger partial charge in [0.2, 0.25) is 0 Å². The molecule has 1 aromatic rings. The van der Waals surface area contributed by atoms with Crippen molar-refractivity contribution in [2.45, 2.75) is 24.8 Å². The molecular weight excluding hydrogens is 202 g/mol. The molecule has 3 heteroatoms. The topological polar surface area (TPSA) is 3.24 Å². The van der Waals surface area contributed by atoms with Crippen LogP contribution in [0.5, 0.6) is 0 Å². The Hall–Kier alpha value is -0.0500. The lowest BCUT2D eigenvalue weighted by Gasteiger charge is -2.29. The summed E-state index contributed by atoms with van der Waals surface area (Å²) in [7, 11) is 0. The summed E-state index contributed by atoms with van der Waals surface area (Å²) < 4.78 is 0. The normalized spacial score (nSPS) is 24.8. The molecule has 1 aliphatic heterocycles. The van der Waals surface area contributed by atoms with E-state index >= 15 is 0 Å². The Balaban J connectivity index is 1.87. The molecule has 1 nitrogen and oxygen atoms in total. The van der Waals surface area contributed by atoms with Gasteiger partial charge >= 0.3 is 0 Å². The fourth-order valence-electron chi connectivity index (χ4n) is 1.78. The Morgan fingerprint density at radius 1 is 1.62 bits per heavy atom. The molecule has 0 amide bonds. The monoisotopic (exact) mass is 215 g/mol. The van der Waals surface area contributed by atoms with Gasteiger partial charge in [-0.15, -0.1) is 11.6 Å². The lowest BCUT2D eigenvalue weighted by atomic mass is 10.1. The Morgan fingerprint density at radius 3 is 3.23 bits per heavy atom. The summed E-state index contributed by atoms with van der Waals surface area (Å²) in [4.78, 5) is 2.45. The number of likely N-dealkylation sites (tertiary alicyclic amines) is 1. The van der Waals surface area contributed by atoms with Gasteiger partial charge in [-0.3, -0.25) is 4.90 Å². The Labute approximate surface area is 88.3 Å². The number of alkyl halides is 1. The highest BCUT2D eigenvalue weighted by molar-refractivity contribution is 7.07. The van der Waals surface area contributed by atoms with E-state index in [-0.39, 0.29) is 0 Å². The van der Waals surface area contributed by atoms with E-state index in [0.717, 1.165) is 13.1 Å². The fraction of sp³-hybridized carbons (Fsp3) is 0.600. The Morgan fingerprint density at radius 2 is 2.54 bits per heavy atom. The fourth-order valence-corrected chi connectivity index (χ4v) is 2.79. The standard InChI is InChI=1S/C10H14ClNS/c11-10-2-1-4-12(7-10)6-9-3-5-13-8-9/h3,5,8,10H,1-2,4,6-7H2. The highest BCUT2D eigenvalue weighted by Gasteiger charge is 2.17. The number of rotatable bonds is 2. The summed E-state index contributed by atoms with van der Waals surface area (Å²) in [6.45, 7) is 3.34. The zero-order chi connectivity index (χ0) is 9.10. The molecule has 1 saturated heterocycles. The van der Waals surface area contributed by atoms with Crippen molar-refractivity contribution >= 4 is 22.9 Å². The maximum absolute atomic E-state index is 6.11. The van der Waals surface area contributed by atoms with E-state index in [1.54, 1.807) is 11.3 Å². The van der Waals surface area contributed by atoms with Crippen LogP contribution in [0.1, 0.15) is 18.4 Å². The molecule has 1 aliphatic rings. The molecule has 0 saturated carbocycles. The van der Waals surface area contributed by atoms with Gasteiger partial charge in [-0.1, -0.05) is 0 Å². The first kappa shape index (κ1) is 9.50. The minimum atomic E-state index is 0.368. The van der Waals surface area contributed by atoms with Crippen molar-refractivity contribution in [2.24, 2.45) is 0 Å². The molecule has 13 heavy (non-hydrogen) atoms. The molecule has 1 atom stereocenters. The molecule has 0 N–H and O–H groups in total. The smallest absolute Gasteiger partial charge is 0.0463 e. The van der Waals surface area contributed by atoms with Crippen molar-refractivity contribution in [3.63, 3.8) is 0 Å². The van der Waals surface area contributed by atoms with Crippen molar-refractivity contribution in [3.8, 4) is 0 Å². The van der Waals surface area contributed by atoms with Gasteiger partial charge < -0.3 is 0 Å². The van der Waals surface area contributed by atoms with Gasteiger partial charge in [-0.05, 0) is 41.8 Å². The average molecular weight is 216 g/mol. The SMILES string of the molecule is ClC1CCCN(Cc2ccsc2)C1. The summed E-state index contributed by atoms with van der Waals surface area (Å²) >= 11 is 7.88. The third-order valence-corrected chi connectivity index (χ3v) is 3.52. The molecule has 0 spiro atoms. The van der Waals surface area contributed by atoms with Crippen LogP contribution in [0.4, 0.5) is 0 Å². The molecule has 2 rings (SSSR count). The van der Waals surface area contributed by atoms with Crippen LogP contribution in [0.3, 0.4) is 0 Å². The van der Waals surface area contributed by atoms with Gasteiger partial charge in [-0.25, -0.2) is 0 Å². The van der Waals surface area contributed by atoms with E-state index in [0.29, 0.717) is 5.38 Å². The van der Waals surface area contributed by atoms with Crippen LogP contribution in [-0.2, 0) is 6.54 Å². The second-order valence-electron chi connectivity index (χ2n) is 3.61. The van der Waals surface area contributed by atoms with E-state index in [1.807, 2.05) is 0 Å². The molecular formula is C10H14ClNS. The van der Waals surface area contributed by atoms with Gasteiger partial charge in [0.25, 0.3) is 0 Å². The molecule has 0 aromatic carbocycles. The molecule has 1 aromatic heterocycles. The van der Waals surface area contributed by atoms with Crippen molar-refractivity contribution in [1.82, 2.24) is 4.90 Å². The molecule has 0 aliphatic carbocycles. The number of nitrogens with zero attached hydrogens (tertiary/aromatic N) is 1. The van der Waals surface area contributed by atoms with Crippen LogP contribution >= 0.6 is 22.9 Å². The first-order valence-corrected chi connectivity index (χ1v) is 6.10. The van der Waals surface area contributed by atoms with E-state index in [1.165, 1.54) is 24.9 Å². The van der Waals surface area contributed by atoms with Gasteiger partial charge in [0.05, 0.1) is 0 Å². The molecule has 0 bridgehead atoms. The minimum Gasteiger partial charge on any atom is -0.298 e. The third kappa shape index (κ3) is 2.70. The predicted molar refractivity (Wildman–Crippen MR) is 58.5 cm³/mol. The van der Waals surface area contributed by atoms with Crippen LogP contribution in [0.15, 0.2) is 16.8 Å². The number of halogens is 1. The van der Waals surface area contributed by atoms with Gasteiger partial charge in [0, 0.05) is 18.5 Å². The van der Waals surface area contributed by atoms with E-state index in [4.69, 9.17) is 11.6 Å². The predicted octanol–water partition coefficient (Wildman–Crippen LogP) is 2.95.